The Hall–Kier alpha value is -2.10. The first kappa shape index (κ1) is 20.3. The summed E-state index contributed by atoms with van der Waals surface area (Å²) in [6.07, 6.45) is 5.49. The molecule has 7 rings (SSSR count). The lowest BCUT2D eigenvalue weighted by Crippen LogP contribution is -2.41. The number of rotatable bonds is 1. The summed E-state index contributed by atoms with van der Waals surface area (Å²) < 4.78 is 12.9. The van der Waals surface area contributed by atoms with E-state index >= 15 is 0 Å². The van der Waals surface area contributed by atoms with E-state index in [1.165, 1.54) is 47.6 Å². The van der Waals surface area contributed by atoms with Crippen LogP contribution < -0.4 is 5.46 Å². The monoisotopic (exact) mass is 436 g/mol. The maximum absolute atomic E-state index is 6.45. The van der Waals surface area contributed by atoms with Crippen molar-refractivity contribution in [2.75, 3.05) is 0 Å². The summed E-state index contributed by atoms with van der Waals surface area (Å²) in [6, 6.07) is 20.9. The molecule has 168 valence electrons. The highest BCUT2D eigenvalue weighted by Crippen LogP contribution is 2.59. The Morgan fingerprint density at radius 2 is 1.42 bits per heavy atom. The van der Waals surface area contributed by atoms with Crippen LogP contribution in [0.25, 0.3) is 21.9 Å². The van der Waals surface area contributed by atoms with Crippen molar-refractivity contribution in [3.8, 4) is 11.1 Å². The molecule has 0 aromatic heterocycles. The van der Waals surface area contributed by atoms with Gasteiger partial charge in [0.1, 0.15) is 0 Å². The number of hydrogen-bond donors (Lipinski definition) is 0. The Kier molecular flexibility index (Phi) is 4.14. The smallest absolute Gasteiger partial charge is 0.399 e. The van der Waals surface area contributed by atoms with Crippen LogP contribution in [0.1, 0.15) is 76.3 Å². The van der Waals surface area contributed by atoms with E-state index < -0.39 is 0 Å². The molecule has 4 unspecified atom stereocenters. The zero-order valence-electron chi connectivity index (χ0n) is 20.2. The molecule has 2 saturated carbocycles. The fourth-order valence-electron chi connectivity index (χ4n) is 7.28. The lowest BCUT2D eigenvalue weighted by atomic mass is 9.69. The SMILES string of the molecule is CC1(C)OB(c2ccc3c(c2)-c2cc4ccccc4cc2C2CC4CC(C2)C3C4)OC1(C)C. The molecule has 0 spiro atoms. The quantitative estimate of drug-likeness (QED) is 0.390. The first-order chi connectivity index (χ1) is 15.8. The summed E-state index contributed by atoms with van der Waals surface area (Å²) in [4.78, 5) is 0. The van der Waals surface area contributed by atoms with Crippen LogP contribution in [-0.2, 0) is 9.31 Å². The molecule has 1 aliphatic heterocycles. The number of hydrogen-bond acceptors (Lipinski definition) is 2. The fraction of sp³-hybridized carbons (Fsp3) is 0.467. The van der Waals surface area contributed by atoms with E-state index in [4.69, 9.17) is 9.31 Å². The van der Waals surface area contributed by atoms with Crippen LogP contribution >= 0.6 is 0 Å². The molecule has 1 heterocycles. The van der Waals surface area contributed by atoms with E-state index in [0.29, 0.717) is 11.8 Å². The Morgan fingerprint density at radius 3 is 2.18 bits per heavy atom. The van der Waals surface area contributed by atoms with Gasteiger partial charge < -0.3 is 9.31 Å². The predicted molar refractivity (Wildman–Crippen MR) is 136 cm³/mol. The fourth-order valence-corrected chi connectivity index (χ4v) is 7.28. The van der Waals surface area contributed by atoms with Gasteiger partial charge in [-0.2, -0.15) is 0 Å². The molecule has 3 fully saturated rings. The van der Waals surface area contributed by atoms with Crippen molar-refractivity contribution in [1.29, 1.82) is 0 Å². The molecule has 4 aliphatic rings. The Labute approximate surface area is 197 Å². The second kappa shape index (κ2) is 6.74. The average Bonchev–Trinajstić information content (AvgIpc) is 3.22. The zero-order chi connectivity index (χ0) is 22.5. The Bertz CT molecular complexity index is 1260. The maximum atomic E-state index is 6.45. The van der Waals surface area contributed by atoms with Gasteiger partial charge in [0.05, 0.1) is 11.2 Å². The van der Waals surface area contributed by atoms with Gasteiger partial charge in [0, 0.05) is 0 Å². The van der Waals surface area contributed by atoms with Crippen LogP contribution in [0.15, 0.2) is 54.6 Å². The van der Waals surface area contributed by atoms with Crippen molar-refractivity contribution in [3.63, 3.8) is 0 Å². The Balaban J connectivity index is 1.44. The lowest BCUT2D eigenvalue weighted by Gasteiger charge is -2.34. The van der Waals surface area contributed by atoms with Crippen molar-refractivity contribution >= 4 is 23.4 Å². The highest BCUT2D eigenvalue weighted by molar-refractivity contribution is 6.62. The maximum Gasteiger partial charge on any atom is 0.494 e. The molecule has 3 aromatic carbocycles. The van der Waals surface area contributed by atoms with Crippen LogP contribution in [0.5, 0.6) is 0 Å². The summed E-state index contributed by atoms with van der Waals surface area (Å²) in [5, 5.41) is 2.71. The van der Waals surface area contributed by atoms with Gasteiger partial charge in [0.25, 0.3) is 0 Å². The van der Waals surface area contributed by atoms with Gasteiger partial charge in [-0.05, 0) is 122 Å². The molecular weight excluding hydrogens is 403 g/mol. The topological polar surface area (TPSA) is 18.5 Å². The molecule has 1 saturated heterocycles. The molecular formula is C30H33BO2. The summed E-state index contributed by atoms with van der Waals surface area (Å²) >= 11 is 0. The number of fused-ring (bicyclic) bond motifs is 8. The highest BCUT2D eigenvalue weighted by atomic mass is 16.7. The van der Waals surface area contributed by atoms with Crippen molar-refractivity contribution in [3.05, 3.63) is 65.7 Å². The first-order valence-electron chi connectivity index (χ1n) is 12.8. The van der Waals surface area contributed by atoms with Gasteiger partial charge in [0.15, 0.2) is 0 Å². The first-order valence-corrected chi connectivity index (χ1v) is 12.8. The van der Waals surface area contributed by atoms with E-state index in [1.807, 2.05) is 0 Å². The molecule has 3 aromatic rings. The summed E-state index contributed by atoms with van der Waals surface area (Å²) in [5.41, 5.74) is 6.48. The molecule has 0 amide bonds. The van der Waals surface area contributed by atoms with Gasteiger partial charge in [-0.1, -0.05) is 48.5 Å². The largest absolute Gasteiger partial charge is 0.494 e. The second-order valence-electron chi connectivity index (χ2n) is 12.1. The minimum atomic E-state index is -0.326. The van der Waals surface area contributed by atoms with Crippen LogP contribution in [0.3, 0.4) is 0 Å². The average molecular weight is 436 g/mol. The normalized spacial score (nSPS) is 30.7. The molecule has 2 nitrogen and oxygen atoms in total. The zero-order valence-corrected chi connectivity index (χ0v) is 20.2. The van der Waals surface area contributed by atoms with Crippen molar-refractivity contribution in [2.45, 2.75) is 76.4 Å². The molecule has 3 bridgehead atoms. The van der Waals surface area contributed by atoms with Crippen LogP contribution in [-0.4, -0.2) is 18.3 Å². The third kappa shape index (κ3) is 2.95. The predicted octanol–water partition coefficient (Wildman–Crippen LogP) is 6.81. The molecule has 3 aliphatic carbocycles. The van der Waals surface area contributed by atoms with E-state index in [2.05, 4.69) is 82.3 Å². The summed E-state index contributed by atoms with van der Waals surface area (Å²) in [7, 11) is -0.317. The highest BCUT2D eigenvalue weighted by Gasteiger charge is 2.52. The van der Waals surface area contributed by atoms with Crippen LogP contribution in [0.4, 0.5) is 0 Å². The lowest BCUT2D eigenvalue weighted by molar-refractivity contribution is 0.00578. The van der Waals surface area contributed by atoms with E-state index in [-0.39, 0.29) is 18.3 Å². The van der Waals surface area contributed by atoms with Gasteiger partial charge in [-0.25, -0.2) is 0 Å². The third-order valence-electron chi connectivity index (χ3n) is 9.65. The minimum Gasteiger partial charge on any atom is -0.399 e. The van der Waals surface area contributed by atoms with E-state index in [9.17, 15) is 0 Å². The van der Waals surface area contributed by atoms with E-state index in [1.54, 1.807) is 11.1 Å². The second-order valence-corrected chi connectivity index (χ2v) is 12.1. The molecule has 0 radical (unpaired) electrons. The van der Waals surface area contributed by atoms with Crippen molar-refractivity contribution in [2.24, 2.45) is 11.8 Å². The van der Waals surface area contributed by atoms with Gasteiger partial charge in [-0.3, -0.25) is 0 Å². The minimum absolute atomic E-state index is 0.317. The standard InChI is InChI=1S/C30H33BO2/c1-29(2)30(3,4)33-31(32-29)23-9-10-24-25-13-18-11-21(25)14-22(12-18)26-15-19-7-5-6-8-20(19)16-27(26)28(24)17-23/h5-10,15-18,21-22,25H,11-14H2,1-4H3. The molecule has 3 heteroatoms. The third-order valence-corrected chi connectivity index (χ3v) is 9.65. The summed E-state index contributed by atoms with van der Waals surface area (Å²) in [5.74, 6) is 3.09. The number of benzene rings is 3. The molecule has 0 N–H and O–H groups in total. The Morgan fingerprint density at radius 1 is 0.727 bits per heavy atom. The van der Waals surface area contributed by atoms with Gasteiger partial charge in [0.2, 0.25) is 0 Å². The molecule has 4 atom stereocenters. The summed E-state index contributed by atoms with van der Waals surface area (Å²) in [6.45, 7) is 8.55. The van der Waals surface area contributed by atoms with Crippen molar-refractivity contribution < 1.29 is 9.31 Å². The van der Waals surface area contributed by atoms with Gasteiger partial charge in [-0.15, -0.1) is 0 Å². The van der Waals surface area contributed by atoms with E-state index in [0.717, 1.165) is 17.3 Å². The van der Waals surface area contributed by atoms with Gasteiger partial charge >= 0.3 is 7.12 Å². The van der Waals surface area contributed by atoms with Crippen LogP contribution in [0.2, 0.25) is 0 Å². The van der Waals surface area contributed by atoms with Crippen LogP contribution in [0, 0.1) is 11.8 Å². The van der Waals surface area contributed by atoms with Crippen molar-refractivity contribution in [1.82, 2.24) is 0 Å². The molecule has 33 heavy (non-hydrogen) atoms.